The van der Waals surface area contributed by atoms with E-state index in [4.69, 9.17) is 0 Å². The fourth-order valence-electron chi connectivity index (χ4n) is 5.25. The molecule has 0 atom stereocenters. The standard InChI is InChI=1S/C27H21N/c1-17-15-24-26(16-18(17)2)28-25-14-8-7-13-23(25)27(24)21-11-5-3-9-19(21)20-10-4-6-12-22(20)27/h3-16,28H,1-2H3. The highest BCUT2D eigenvalue weighted by Gasteiger charge is 2.49. The molecule has 2 aliphatic rings. The average molecular weight is 359 g/mol. The number of aryl methyl sites for hydroxylation is 2. The number of hydrogen-bond donors (Lipinski definition) is 1. The van der Waals surface area contributed by atoms with E-state index in [0.29, 0.717) is 0 Å². The van der Waals surface area contributed by atoms with Gasteiger partial charge in [0.05, 0.1) is 5.41 Å². The number of rotatable bonds is 0. The maximum Gasteiger partial charge on any atom is 0.0753 e. The van der Waals surface area contributed by atoms with Crippen LogP contribution in [0.1, 0.15) is 33.4 Å². The molecule has 0 amide bonds. The summed E-state index contributed by atoms with van der Waals surface area (Å²) in [5.74, 6) is 0. The second kappa shape index (κ2) is 5.36. The Balaban J connectivity index is 1.86. The zero-order chi connectivity index (χ0) is 18.9. The number of para-hydroxylation sites is 1. The van der Waals surface area contributed by atoms with Gasteiger partial charge >= 0.3 is 0 Å². The van der Waals surface area contributed by atoms with Crippen molar-refractivity contribution < 1.29 is 0 Å². The van der Waals surface area contributed by atoms with Gasteiger partial charge in [-0.15, -0.1) is 0 Å². The van der Waals surface area contributed by atoms with E-state index in [9.17, 15) is 0 Å². The molecule has 134 valence electrons. The van der Waals surface area contributed by atoms with Crippen molar-refractivity contribution in [2.75, 3.05) is 5.32 Å². The third-order valence-electron chi connectivity index (χ3n) is 6.59. The fourth-order valence-corrected chi connectivity index (χ4v) is 5.25. The predicted octanol–water partition coefficient (Wildman–Crippen LogP) is 6.72. The van der Waals surface area contributed by atoms with Crippen LogP contribution in [0.2, 0.25) is 0 Å². The molecule has 0 aromatic heterocycles. The molecule has 6 rings (SSSR count). The lowest BCUT2D eigenvalue weighted by Crippen LogP contribution is -2.33. The largest absolute Gasteiger partial charge is 0.355 e. The predicted molar refractivity (Wildman–Crippen MR) is 117 cm³/mol. The molecular formula is C27H21N. The summed E-state index contributed by atoms with van der Waals surface area (Å²) in [6.45, 7) is 4.41. The van der Waals surface area contributed by atoms with Gasteiger partial charge in [0, 0.05) is 11.4 Å². The summed E-state index contributed by atoms with van der Waals surface area (Å²) in [5, 5.41) is 3.72. The van der Waals surface area contributed by atoms with Crippen LogP contribution in [0.15, 0.2) is 84.9 Å². The van der Waals surface area contributed by atoms with Crippen LogP contribution in [0.3, 0.4) is 0 Å². The molecular weight excluding hydrogens is 338 g/mol. The molecule has 1 heterocycles. The van der Waals surface area contributed by atoms with E-state index in [0.717, 1.165) is 0 Å². The van der Waals surface area contributed by atoms with Crippen molar-refractivity contribution in [3.8, 4) is 11.1 Å². The fraction of sp³-hybridized carbons (Fsp3) is 0.111. The summed E-state index contributed by atoms with van der Waals surface area (Å²) in [4.78, 5) is 0. The van der Waals surface area contributed by atoms with Crippen molar-refractivity contribution in [1.29, 1.82) is 0 Å². The SMILES string of the molecule is Cc1cc2c(cc1C)C1(c3ccccc3N2)c2ccccc2-c2ccccc21. The molecule has 0 bridgehead atoms. The third-order valence-corrected chi connectivity index (χ3v) is 6.59. The highest BCUT2D eigenvalue weighted by molar-refractivity contribution is 5.92. The van der Waals surface area contributed by atoms with Gasteiger partial charge in [-0.05, 0) is 70.5 Å². The lowest BCUT2D eigenvalue weighted by atomic mass is 9.65. The number of benzene rings is 4. The number of anilines is 2. The third kappa shape index (κ3) is 1.77. The van der Waals surface area contributed by atoms with E-state index in [2.05, 4.69) is 104 Å². The molecule has 4 aromatic rings. The van der Waals surface area contributed by atoms with Crippen LogP contribution in [0.5, 0.6) is 0 Å². The molecule has 1 N–H and O–H groups in total. The monoisotopic (exact) mass is 359 g/mol. The Bertz CT molecular complexity index is 1220. The van der Waals surface area contributed by atoms with Crippen molar-refractivity contribution in [2.24, 2.45) is 0 Å². The topological polar surface area (TPSA) is 12.0 Å². The van der Waals surface area contributed by atoms with Crippen LogP contribution >= 0.6 is 0 Å². The Morgan fingerprint density at radius 1 is 0.536 bits per heavy atom. The molecule has 0 radical (unpaired) electrons. The van der Waals surface area contributed by atoms with Crippen LogP contribution in [0, 0.1) is 13.8 Å². The highest BCUT2D eigenvalue weighted by Crippen LogP contribution is 2.60. The first-order valence-corrected chi connectivity index (χ1v) is 9.89. The minimum atomic E-state index is -0.275. The second-order valence-corrected chi connectivity index (χ2v) is 7.99. The Hall–Kier alpha value is -3.32. The number of fused-ring (bicyclic) bond motifs is 9. The van der Waals surface area contributed by atoms with E-state index in [1.165, 1.54) is 55.9 Å². The van der Waals surface area contributed by atoms with Crippen molar-refractivity contribution in [1.82, 2.24) is 0 Å². The first-order valence-electron chi connectivity index (χ1n) is 9.89. The number of hydrogen-bond acceptors (Lipinski definition) is 1. The minimum Gasteiger partial charge on any atom is -0.355 e. The van der Waals surface area contributed by atoms with Crippen LogP contribution in [0.4, 0.5) is 11.4 Å². The molecule has 1 spiro atoms. The summed E-state index contributed by atoms with van der Waals surface area (Å²) in [6, 6.07) is 31.3. The molecule has 28 heavy (non-hydrogen) atoms. The average Bonchev–Trinajstić information content (AvgIpc) is 3.02. The molecule has 0 saturated carbocycles. The first kappa shape index (κ1) is 15.7. The summed E-state index contributed by atoms with van der Waals surface area (Å²) < 4.78 is 0. The van der Waals surface area contributed by atoms with Gasteiger partial charge in [0.1, 0.15) is 0 Å². The molecule has 1 heteroatoms. The molecule has 1 nitrogen and oxygen atoms in total. The summed E-state index contributed by atoms with van der Waals surface area (Å²) >= 11 is 0. The maximum atomic E-state index is 3.72. The van der Waals surface area contributed by atoms with Gasteiger partial charge in [0.25, 0.3) is 0 Å². The quantitative estimate of drug-likeness (QED) is 0.317. The normalized spacial score (nSPS) is 14.6. The van der Waals surface area contributed by atoms with E-state index < -0.39 is 0 Å². The smallest absolute Gasteiger partial charge is 0.0753 e. The lowest BCUT2D eigenvalue weighted by Gasteiger charge is -2.40. The van der Waals surface area contributed by atoms with E-state index in [1.807, 2.05) is 0 Å². The Morgan fingerprint density at radius 3 is 1.75 bits per heavy atom. The van der Waals surface area contributed by atoms with Crippen molar-refractivity contribution in [3.05, 3.63) is 118 Å². The van der Waals surface area contributed by atoms with Crippen molar-refractivity contribution in [3.63, 3.8) is 0 Å². The van der Waals surface area contributed by atoms with E-state index in [1.54, 1.807) is 0 Å². The first-order chi connectivity index (χ1) is 13.7. The Kier molecular flexibility index (Phi) is 3.01. The maximum absolute atomic E-state index is 3.72. The van der Waals surface area contributed by atoms with Gasteiger partial charge in [-0.3, -0.25) is 0 Å². The zero-order valence-corrected chi connectivity index (χ0v) is 16.1. The molecule has 1 aliphatic carbocycles. The Labute approximate surface area is 165 Å². The van der Waals surface area contributed by atoms with Crippen molar-refractivity contribution >= 4 is 11.4 Å². The molecule has 4 aromatic carbocycles. The van der Waals surface area contributed by atoms with Gasteiger partial charge in [0.15, 0.2) is 0 Å². The van der Waals surface area contributed by atoms with E-state index in [-0.39, 0.29) is 5.41 Å². The summed E-state index contributed by atoms with van der Waals surface area (Å²) in [7, 11) is 0. The minimum absolute atomic E-state index is 0.275. The second-order valence-electron chi connectivity index (χ2n) is 7.99. The van der Waals surface area contributed by atoms with E-state index >= 15 is 0 Å². The van der Waals surface area contributed by atoms with Crippen molar-refractivity contribution in [2.45, 2.75) is 19.3 Å². The summed E-state index contributed by atoms with van der Waals surface area (Å²) in [6.07, 6.45) is 0. The van der Waals surface area contributed by atoms with Gasteiger partial charge in [-0.2, -0.15) is 0 Å². The van der Waals surface area contributed by atoms with Gasteiger partial charge in [0.2, 0.25) is 0 Å². The Morgan fingerprint density at radius 2 is 1.07 bits per heavy atom. The van der Waals surface area contributed by atoms with Gasteiger partial charge in [-0.25, -0.2) is 0 Å². The number of nitrogens with one attached hydrogen (secondary N) is 1. The van der Waals surface area contributed by atoms with Gasteiger partial charge < -0.3 is 5.32 Å². The van der Waals surface area contributed by atoms with Crippen LogP contribution in [-0.4, -0.2) is 0 Å². The van der Waals surface area contributed by atoms with Gasteiger partial charge in [-0.1, -0.05) is 72.8 Å². The lowest BCUT2D eigenvalue weighted by molar-refractivity contribution is 0.761. The van der Waals surface area contributed by atoms with Crippen LogP contribution in [0.25, 0.3) is 11.1 Å². The molecule has 0 unspecified atom stereocenters. The summed E-state index contributed by atoms with van der Waals surface area (Å²) in [5.41, 5.74) is 12.9. The molecule has 0 fully saturated rings. The molecule has 1 aliphatic heterocycles. The molecule has 0 saturated heterocycles. The van der Waals surface area contributed by atoms with Crippen LogP contribution in [-0.2, 0) is 5.41 Å². The highest BCUT2D eigenvalue weighted by atomic mass is 14.9. The van der Waals surface area contributed by atoms with Crippen LogP contribution < -0.4 is 5.32 Å². The zero-order valence-electron chi connectivity index (χ0n) is 16.1.